The summed E-state index contributed by atoms with van der Waals surface area (Å²) in [4.78, 5) is 25.0. The fourth-order valence-corrected chi connectivity index (χ4v) is 3.71. The van der Waals surface area contributed by atoms with Crippen molar-refractivity contribution < 1.29 is 14.0 Å². The number of pyridine rings is 1. The highest BCUT2D eigenvalue weighted by Gasteiger charge is 2.26. The van der Waals surface area contributed by atoms with Crippen LogP contribution in [0.2, 0.25) is 0 Å². The molecule has 2 aromatic carbocycles. The first-order chi connectivity index (χ1) is 12.0. The summed E-state index contributed by atoms with van der Waals surface area (Å²) in [7, 11) is -4.11. The van der Waals surface area contributed by atoms with Gasteiger partial charge in [-0.2, -0.15) is 0 Å². The van der Waals surface area contributed by atoms with E-state index >= 15 is 0 Å². The van der Waals surface area contributed by atoms with Crippen molar-refractivity contribution in [3.8, 4) is 11.3 Å². The number of benzene rings is 2. The van der Waals surface area contributed by atoms with E-state index in [-0.39, 0.29) is 11.9 Å². The van der Waals surface area contributed by atoms with E-state index in [1.54, 1.807) is 6.07 Å². The average Bonchev–Trinajstić information content (AvgIpc) is 2.61. The first-order valence-electron chi connectivity index (χ1n) is 8.21. The molecule has 0 amide bonds. The summed E-state index contributed by atoms with van der Waals surface area (Å²) in [6.45, 7) is 2.10. The topological polar surface area (TPSA) is 79.4 Å². The molecule has 1 aromatic heterocycles. The molecule has 1 unspecified atom stereocenters. The SMILES string of the molecule is CCCCOP(=O)(O)c1ccc(-c2ccc3ccccc3c2)[nH]c1=O. The highest BCUT2D eigenvalue weighted by atomic mass is 31.2. The van der Waals surface area contributed by atoms with E-state index in [0.29, 0.717) is 12.1 Å². The van der Waals surface area contributed by atoms with E-state index in [2.05, 4.69) is 4.98 Å². The van der Waals surface area contributed by atoms with Crippen LogP contribution < -0.4 is 10.9 Å². The molecule has 6 heteroatoms. The zero-order chi connectivity index (χ0) is 17.9. The number of fused-ring (bicyclic) bond motifs is 1. The molecule has 0 fully saturated rings. The van der Waals surface area contributed by atoms with Gasteiger partial charge >= 0.3 is 7.60 Å². The molecule has 0 radical (unpaired) electrons. The first kappa shape index (κ1) is 17.6. The quantitative estimate of drug-likeness (QED) is 0.519. The number of nitrogens with one attached hydrogen (secondary N) is 1. The maximum Gasteiger partial charge on any atom is 0.364 e. The fourth-order valence-electron chi connectivity index (χ4n) is 2.62. The molecule has 25 heavy (non-hydrogen) atoms. The molecule has 1 atom stereocenters. The molecule has 130 valence electrons. The third-order valence-corrected chi connectivity index (χ3v) is 5.51. The molecule has 0 saturated heterocycles. The molecule has 3 aromatic rings. The van der Waals surface area contributed by atoms with Crippen LogP contribution in [-0.2, 0) is 9.09 Å². The lowest BCUT2D eigenvalue weighted by atomic mass is 10.0. The zero-order valence-electron chi connectivity index (χ0n) is 13.9. The van der Waals surface area contributed by atoms with E-state index in [1.807, 2.05) is 49.4 Å². The zero-order valence-corrected chi connectivity index (χ0v) is 14.8. The van der Waals surface area contributed by atoms with E-state index in [9.17, 15) is 14.3 Å². The monoisotopic (exact) mass is 357 g/mol. The van der Waals surface area contributed by atoms with Crippen LogP contribution in [0.3, 0.4) is 0 Å². The van der Waals surface area contributed by atoms with E-state index in [4.69, 9.17) is 4.52 Å². The minimum absolute atomic E-state index is 0.149. The minimum Gasteiger partial charge on any atom is -0.321 e. The van der Waals surface area contributed by atoms with Crippen molar-refractivity contribution >= 4 is 23.7 Å². The van der Waals surface area contributed by atoms with Gasteiger partial charge in [-0.3, -0.25) is 9.36 Å². The van der Waals surface area contributed by atoms with Gasteiger partial charge in [0.2, 0.25) is 0 Å². The van der Waals surface area contributed by atoms with Crippen LogP contribution in [0.15, 0.2) is 59.4 Å². The van der Waals surface area contributed by atoms with Crippen molar-refractivity contribution in [1.82, 2.24) is 4.98 Å². The molecule has 0 aliphatic heterocycles. The predicted molar refractivity (Wildman–Crippen MR) is 100 cm³/mol. The van der Waals surface area contributed by atoms with Gasteiger partial charge in [0.05, 0.1) is 6.61 Å². The second-order valence-electron chi connectivity index (χ2n) is 5.86. The Balaban J connectivity index is 1.93. The lowest BCUT2D eigenvalue weighted by molar-refractivity contribution is 0.264. The third-order valence-electron chi connectivity index (χ3n) is 4.02. The van der Waals surface area contributed by atoms with Crippen LogP contribution in [0.25, 0.3) is 22.0 Å². The molecular formula is C19H20NO4P. The smallest absolute Gasteiger partial charge is 0.321 e. The minimum atomic E-state index is -4.11. The van der Waals surface area contributed by atoms with Crippen molar-refractivity contribution in [2.75, 3.05) is 6.61 Å². The summed E-state index contributed by atoms with van der Waals surface area (Å²) < 4.78 is 17.3. The van der Waals surface area contributed by atoms with Crippen LogP contribution in [0.5, 0.6) is 0 Å². The molecule has 1 heterocycles. The molecule has 0 spiro atoms. The number of rotatable bonds is 6. The van der Waals surface area contributed by atoms with E-state index < -0.39 is 13.2 Å². The lowest BCUT2D eigenvalue weighted by Crippen LogP contribution is -2.28. The van der Waals surface area contributed by atoms with Gasteiger partial charge in [-0.1, -0.05) is 49.7 Å². The van der Waals surface area contributed by atoms with Gasteiger partial charge in [0.25, 0.3) is 5.56 Å². The maximum atomic E-state index is 12.3. The maximum absolute atomic E-state index is 12.3. The number of hydrogen-bond acceptors (Lipinski definition) is 3. The molecule has 0 bridgehead atoms. The number of unbranched alkanes of at least 4 members (excludes halogenated alkanes) is 1. The normalized spacial score (nSPS) is 13.7. The van der Waals surface area contributed by atoms with Crippen molar-refractivity contribution in [2.24, 2.45) is 0 Å². The van der Waals surface area contributed by atoms with Crippen molar-refractivity contribution in [1.29, 1.82) is 0 Å². The number of aromatic nitrogens is 1. The molecular weight excluding hydrogens is 337 g/mol. The Morgan fingerprint density at radius 1 is 1.08 bits per heavy atom. The highest BCUT2D eigenvalue weighted by Crippen LogP contribution is 2.39. The van der Waals surface area contributed by atoms with Crippen LogP contribution in [0.1, 0.15) is 19.8 Å². The molecule has 0 aliphatic carbocycles. The molecule has 2 N–H and O–H groups in total. The summed E-state index contributed by atoms with van der Waals surface area (Å²) >= 11 is 0. The number of aromatic amines is 1. The standard InChI is InChI=1S/C19H20NO4P/c1-2-3-12-24-25(22,23)18-11-10-17(20-19(18)21)16-9-8-14-6-4-5-7-15(14)13-16/h4-11,13H,2-3,12H2,1H3,(H,20,21)(H,22,23). The summed E-state index contributed by atoms with van der Waals surface area (Å²) in [6.07, 6.45) is 1.51. The van der Waals surface area contributed by atoms with Crippen LogP contribution in [0.4, 0.5) is 0 Å². The molecule has 3 rings (SSSR count). The molecule has 5 nitrogen and oxygen atoms in total. The Morgan fingerprint density at radius 3 is 2.56 bits per heavy atom. The van der Waals surface area contributed by atoms with Crippen molar-refractivity contribution in [3.05, 3.63) is 65.0 Å². The predicted octanol–water partition coefficient (Wildman–Crippen LogP) is 3.82. The van der Waals surface area contributed by atoms with Gasteiger partial charge in [0.1, 0.15) is 5.30 Å². The summed E-state index contributed by atoms with van der Waals surface area (Å²) in [5.74, 6) is 0. The Hall–Kier alpha value is -2.20. The fraction of sp³-hybridized carbons (Fsp3) is 0.211. The van der Waals surface area contributed by atoms with Crippen molar-refractivity contribution in [3.63, 3.8) is 0 Å². The lowest BCUT2D eigenvalue weighted by Gasteiger charge is -2.12. The third kappa shape index (κ3) is 3.90. The molecule has 0 saturated carbocycles. The highest BCUT2D eigenvalue weighted by molar-refractivity contribution is 7.61. The van der Waals surface area contributed by atoms with E-state index in [0.717, 1.165) is 22.8 Å². The summed E-state index contributed by atoms with van der Waals surface area (Å²) in [5.41, 5.74) is 0.822. The largest absolute Gasteiger partial charge is 0.364 e. The number of H-pyrrole nitrogens is 1. The second kappa shape index (κ2) is 7.36. The Labute approximate surface area is 145 Å². The van der Waals surface area contributed by atoms with Crippen LogP contribution >= 0.6 is 7.60 Å². The van der Waals surface area contributed by atoms with Gasteiger partial charge in [0.15, 0.2) is 0 Å². The van der Waals surface area contributed by atoms with Crippen molar-refractivity contribution in [2.45, 2.75) is 19.8 Å². The summed E-state index contributed by atoms with van der Waals surface area (Å²) in [5, 5.41) is 1.93. The Morgan fingerprint density at radius 2 is 1.84 bits per heavy atom. The van der Waals surface area contributed by atoms with Gasteiger partial charge in [-0.15, -0.1) is 0 Å². The number of hydrogen-bond donors (Lipinski definition) is 2. The van der Waals surface area contributed by atoms with Crippen LogP contribution in [-0.4, -0.2) is 16.5 Å². The Kier molecular flexibility index (Phi) is 5.19. The van der Waals surface area contributed by atoms with Gasteiger partial charge in [0, 0.05) is 5.69 Å². The van der Waals surface area contributed by atoms with Gasteiger partial charge in [-0.25, -0.2) is 0 Å². The molecule has 0 aliphatic rings. The van der Waals surface area contributed by atoms with Crippen LogP contribution in [0, 0.1) is 0 Å². The summed E-state index contributed by atoms with van der Waals surface area (Å²) in [6, 6.07) is 16.8. The first-order valence-corrected chi connectivity index (χ1v) is 9.79. The van der Waals surface area contributed by atoms with Gasteiger partial charge < -0.3 is 14.4 Å². The average molecular weight is 357 g/mol. The Bertz CT molecular complexity index is 996. The second-order valence-corrected chi connectivity index (χ2v) is 7.64. The van der Waals surface area contributed by atoms with E-state index in [1.165, 1.54) is 6.07 Å². The van der Waals surface area contributed by atoms with Gasteiger partial charge in [-0.05, 0) is 41.0 Å².